The minimum atomic E-state index is 0.551. The summed E-state index contributed by atoms with van der Waals surface area (Å²) in [4.78, 5) is 4.27. The number of anilines is 1. The van der Waals surface area contributed by atoms with Crippen molar-refractivity contribution >= 4 is 5.82 Å². The number of imidazole rings is 1. The molecule has 0 spiro atoms. The van der Waals surface area contributed by atoms with Crippen molar-refractivity contribution < 1.29 is 0 Å². The molecule has 2 heterocycles. The van der Waals surface area contributed by atoms with Gasteiger partial charge in [-0.3, -0.25) is 0 Å². The molecule has 1 aliphatic carbocycles. The second-order valence-electron chi connectivity index (χ2n) is 4.25. The standard InChI is InChI=1S/C10H14N6/c1-15-5-4-12-8(15)6-16-9(7-2-3-7)10(11)13-14-16/h4-5,7H,2-3,6,11H2,1H3. The maximum absolute atomic E-state index is 5.83. The molecular weight excluding hydrogens is 204 g/mol. The quantitative estimate of drug-likeness (QED) is 0.815. The third kappa shape index (κ3) is 1.46. The minimum absolute atomic E-state index is 0.551. The summed E-state index contributed by atoms with van der Waals surface area (Å²) in [7, 11) is 1.97. The van der Waals surface area contributed by atoms with Crippen molar-refractivity contribution in [3.05, 3.63) is 23.9 Å². The van der Waals surface area contributed by atoms with Crippen LogP contribution in [0.4, 0.5) is 5.82 Å². The summed E-state index contributed by atoms with van der Waals surface area (Å²) < 4.78 is 3.85. The van der Waals surface area contributed by atoms with Gasteiger partial charge in [0.05, 0.1) is 5.69 Å². The first-order valence-corrected chi connectivity index (χ1v) is 5.40. The highest BCUT2D eigenvalue weighted by atomic mass is 15.5. The van der Waals surface area contributed by atoms with Crippen molar-refractivity contribution in [2.75, 3.05) is 5.73 Å². The van der Waals surface area contributed by atoms with E-state index in [2.05, 4.69) is 15.3 Å². The van der Waals surface area contributed by atoms with Crippen molar-refractivity contribution in [1.29, 1.82) is 0 Å². The topological polar surface area (TPSA) is 74.5 Å². The Bertz CT molecular complexity index is 507. The predicted octanol–water partition coefficient (Wildman–Crippen LogP) is 0.519. The highest BCUT2D eigenvalue weighted by molar-refractivity contribution is 5.38. The third-order valence-electron chi connectivity index (χ3n) is 2.98. The average Bonchev–Trinajstić information content (AvgIpc) is 2.92. The fraction of sp³-hybridized carbons (Fsp3) is 0.500. The second-order valence-corrected chi connectivity index (χ2v) is 4.25. The summed E-state index contributed by atoms with van der Waals surface area (Å²) in [5, 5.41) is 8.02. The first kappa shape index (κ1) is 9.38. The van der Waals surface area contributed by atoms with Crippen molar-refractivity contribution in [3.8, 4) is 0 Å². The maximum atomic E-state index is 5.83. The van der Waals surface area contributed by atoms with Crippen molar-refractivity contribution in [2.24, 2.45) is 7.05 Å². The summed E-state index contributed by atoms with van der Waals surface area (Å²) in [5.41, 5.74) is 6.90. The van der Waals surface area contributed by atoms with E-state index in [4.69, 9.17) is 5.73 Å². The van der Waals surface area contributed by atoms with Crippen LogP contribution in [0.5, 0.6) is 0 Å². The number of nitrogens with two attached hydrogens (primary N) is 1. The van der Waals surface area contributed by atoms with Gasteiger partial charge in [0, 0.05) is 25.4 Å². The van der Waals surface area contributed by atoms with Gasteiger partial charge in [-0.1, -0.05) is 5.21 Å². The van der Waals surface area contributed by atoms with Gasteiger partial charge in [-0.25, -0.2) is 9.67 Å². The third-order valence-corrected chi connectivity index (χ3v) is 2.98. The molecule has 2 aromatic heterocycles. The van der Waals surface area contributed by atoms with Gasteiger partial charge in [0.15, 0.2) is 5.82 Å². The zero-order chi connectivity index (χ0) is 11.1. The molecule has 2 N–H and O–H groups in total. The molecule has 0 amide bonds. The van der Waals surface area contributed by atoms with Gasteiger partial charge >= 0.3 is 0 Å². The van der Waals surface area contributed by atoms with E-state index in [9.17, 15) is 0 Å². The van der Waals surface area contributed by atoms with Gasteiger partial charge in [0.2, 0.25) is 0 Å². The molecule has 6 heteroatoms. The SMILES string of the molecule is Cn1ccnc1Cn1nnc(N)c1C1CC1. The van der Waals surface area contributed by atoms with Gasteiger partial charge in [-0.15, -0.1) is 5.10 Å². The fourth-order valence-corrected chi connectivity index (χ4v) is 1.91. The van der Waals surface area contributed by atoms with Crippen LogP contribution in [0.3, 0.4) is 0 Å². The van der Waals surface area contributed by atoms with E-state index in [0.29, 0.717) is 18.3 Å². The zero-order valence-corrected chi connectivity index (χ0v) is 9.17. The minimum Gasteiger partial charge on any atom is -0.381 e. The molecule has 0 aliphatic heterocycles. The molecule has 16 heavy (non-hydrogen) atoms. The summed E-state index contributed by atoms with van der Waals surface area (Å²) in [6.45, 7) is 0.638. The summed E-state index contributed by atoms with van der Waals surface area (Å²) in [6, 6.07) is 0. The predicted molar refractivity (Wildman–Crippen MR) is 58.7 cm³/mol. The van der Waals surface area contributed by atoms with Gasteiger partial charge in [0.25, 0.3) is 0 Å². The number of hydrogen-bond acceptors (Lipinski definition) is 4. The van der Waals surface area contributed by atoms with Crippen LogP contribution >= 0.6 is 0 Å². The van der Waals surface area contributed by atoms with Crippen LogP contribution in [0, 0.1) is 0 Å². The number of aryl methyl sites for hydroxylation is 1. The molecular formula is C10H14N6. The molecule has 3 rings (SSSR count). The Kier molecular flexibility index (Phi) is 1.95. The van der Waals surface area contributed by atoms with Crippen LogP contribution in [0.2, 0.25) is 0 Å². The highest BCUT2D eigenvalue weighted by Gasteiger charge is 2.30. The zero-order valence-electron chi connectivity index (χ0n) is 9.17. The Balaban J connectivity index is 1.92. The van der Waals surface area contributed by atoms with Crippen molar-refractivity contribution in [1.82, 2.24) is 24.5 Å². The Morgan fingerprint density at radius 2 is 2.31 bits per heavy atom. The van der Waals surface area contributed by atoms with Gasteiger partial charge in [-0.05, 0) is 12.8 Å². The molecule has 0 radical (unpaired) electrons. The molecule has 84 valence electrons. The first-order valence-electron chi connectivity index (χ1n) is 5.40. The Hall–Kier alpha value is -1.85. The lowest BCUT2D eigenvalue weighted by molar-refractivity contribution is 0.584. The van der Waals surface area contributed by atoms with Crippen LogP contribution in [0.15, 0.2) is 12.4 Å². The molecule has 0 unspecified atom stereocenters. The Morgan fingerprint density at radius 3 is 2.94 bits per heavy atom. The largest absolute Gasteiger partial charge is 0.381 e. The summed E-state index contributed by atoms with van der Waals surface area (Å²) >= 11 is 0. The van der Waals surface area contributed by atoms with E-state index in [0.717, 1.165) is 11.5 Å². The number of nitrogens with zero attached hydrogens (tertiary/aromatic N) is 5. The lowest BCUT2D eigenvalue weighted by atomic mass is 10.3. The summed E-state index contributed by atoms with van der Waals surface area (Å²) in [6.07, 6.45) is 6.09. The Morgan fingerprint density at radius 1 is 1.50 bits per heavy atom. The lowest BCUT2D eigenvalue weighted by Gasteiger charge is -2.05. The molecule has 0 aromatic carbocycles. The van der Waals surface area contributed by atoms with E-state index < -0.39 is 0 Å². The number of aromatic nitrogens is 5. The lowest BCUT2D eigenvalue weighted by Crippen LogP contribution is -2.10. The fourth-order valence-electron chi connectivity index (χ4n) is 1.91. The molecule has 1 saturated carbocycles. The average molecular weight is 218 g/mol. The molecule has 1 fully saturated rings. The van der Waals surface area contributed by atoms with E-state index in [-0.39, 0.29) is 0 Å². The number of rotatable bonds is 3. The van der Waals surface area contributed by atoms with E-state index in [1.165, 1.54) is 12.8 Å². The molecule has 0 atom stereocenters. The Labute approximate surface area is 93.1 Å². The maximum Gasteiger partial charge on any atom is 0.169 e. The highest BCUT2D eigenvalue weighted by Crippen LogP contribution is 2.41. The molecule has 6 nitrogen and oxygen atoms in total. The normalized spacial score (nSPS) is 15.6. The van der Waals surface area contributed by atoms with Gasteiger partial charge in [-0.2, -0.15) is 0 Å². The molecule has 2 aromatic rings. The van der Waals surface area contributed by atoms with Crippen molar-refractivity contribution in [2.45, 2.75) is 25.3 Å². The smallest absolute Gasteiger partial charge is 0.169 e. The van der Waals surface area contributed by atoms with Crippen LogP contribution < -0.4 is 5.73 Å². The van der Waals surface area contributed by atoms with Crippen LogP contribution in [0.1, 0.15) is 30.3 Å². The molecule has 0 bridgehead atoms. The molecule has 0 saturated heterocycles. The van der Waals surface area contributed by atoms with E-state index in [1.54, 1.807) is 6.20 Å². The van der Waals surface area contributed by atoms with E-state index in [1.807, 2.05) is 22.5 Å². The van der Waals surface area contributed by atoms with Gasteiger partial charge in [0.1, 0.15) is 12.4 Å². The second kappa shape index (κ2) is 3.33. The van der Waals surface area contributed by atoms with Gasteiger partial charge < -0.3 is 10.3 Å². The monoisotopic (exact) mass is 218 g/mol. The number of hydrogen-bond donors (Lipinski definition) is 1. The molecule has 1 aliphatic rings. The van der Waals surface area contributed by atoms with Crippen LogP contribution in [-0.2, 0) is 13.6 Å². The van der Waals surface area contributed by atoms with Crippen LogP contribution in [0.25, 0.3) is 0 Å². The van der Waals surface area contributed by atoms with E-state index >= 15 is 0 Å². The first-order chi connectivity index (χ1) is 7.75. The van der Waals surface area contributed by atoms with Crippen molar-refractivity contribution in [3.63, 3.8) is 0 Å². The summed E-state index contributed by atoms with van der Waals surface area (Å²) in [5.74, 6) is 2.08. The van der Waals surface area contributed by atoms with Crippen LogP contribution in [-0.4, -0.2) is 24.5 Å². The number of nitrogen functional groups attached to an aromatic ring is 1.